The SMILES string of the molecule is C[Si](C)(C)C(CS(=O)O)c1ccccc1. The van der Waals surface area contributed by atoms with E-state index in [4.69, 9.17) is 4.55 Å². The molecule has 2 unspecified atom stereocenters. The first-order valence-corrected chi connectivity index (χ1v) is 9.89. The Hall–Kier alpha value is -0.453. The van der Waals surface area contributed by atoms with Crippen molar-refractivity contribution in [2.45, 2.75) is 25.2 Å². The third-order valence-electron chi connectivity index (χ3n) is 2.56. The molecule has 0 aliphatic rings. The Morgan fingerprint density at radius 2 is 1.80 bits per heavy atom. The summed E-state index contributed by atoms with van der Waals surface area (Å²) in [6, 6.07) is 10.1. The van der Waals surface area contributed by atoms with Gasteiger partial charge in [-0.25, -0.2) is 4.21 Å². The van der Waals surface area contributed by atoms with Gasteiger partial charge in [-0.3, -0.25) is 0 Å². The fourth-order valence-corrected chi connectivity index (χ4v) is 5.77. The smallest absolute Gasteiger partial charge is 0.153 e. The van der Waals surface area contributed by atoms with Crippen LogP contribution in [0.4, 0.5) is 0 Å². The van der Waals surface area contributed by atoms with Crippen LogP contribution in [0.2, 0.25) is 19.6 Å². The third-order valence-corrected chi connectivity index (χ3v) is 6.10. The van der Waals surface area contributed by atoms with Crippen molar-refractivity contribution in [1.82, 2.24) is 0 Å². The average molecular weight is 242 g/mol. The molecule has 1 rings (SSSR count). The van der Waals surface area contributed by atoms with Crippen LogP contribution in [0.25, 0.3) is 0 Å². The van der Waals surface area contributed by atoms with Gasteiger partial charge in [-0.05, 0) is 11.1 Å². The quantitative estimate of drug-likeness (QED) is 0.651. The van der Waals surface area contributed by atoms with Gasteiger partial charge in [-0.2, -0.15) is 0 Å². The fraction of sp³-hybridized carbons (Fsp3) is 0.455. The predicted octanol–water partition coefficient (Wildman–Crippen LogP) is 2.87. The lowest BCUT2D eigenvalue weighted by atomic mass is 10.2. The van der Waals surface area contributed by atoms with Crippen molar-refractivity contribution >= 4 is 19.2 Å². The van der Waals surface area contributed by atoms with Crippen LogP contribution in [-0.2, 0) is 11.1 Å². The summed E-state index contributed by atoms with van der Waals surface area (Å²) in [5.41, 5.74) is 1.45. The summed E-state index contributed by atoms with van der Waals surface area (Å²) in [6.45, 7) is 6.70. The molecular weight excluding hydrogens is 224 g/mol. The Labute approximate surface area is 95.0 Å². The summed E-state index contributed by atoms with van der Waals surface area (Å²) in [7, 11) is -1.44. The Kier molecular flexibility index (Phi) is 4.25. The topological polar surface area (TPSA) is 37.3 Å². The molecule has 4 heteroatoms. The highest BCUT2D eigenvalue weighted by atomic mass is 32.2. The summed E-state index contributed by atoms with van der Waals surface area (Å²) < 4.78 is 20.0. The molecule has 0 aliphatic carbocycles. The normalized spacial score (nSPS) is 16.0. The minimum absolute atomic E-state index is 0.254. The Morgan fingerprint density at radius 3 is 2.20 bits per heavy atom. The van der Waals surface area contributed by atoms with E-state index in [1.54, 1.807) is 0 Å². The van der Waals surface area contributed by atoms with Crippen LogP contribution in [0.5, 0.6) is 0 Å². The molecule has 0 amide bonds. The number of benzene rings is 1. The summed E-state index contributed by atoms with van der Waals surface area (Å²) >= 11 is -1.71. The van der Waals surface area contributed by atoms with Crippen LogP contribution < -0.4 is 0 Å². The van der Waals surface area contributed by atoms with E-state index in [-0.39, 0.29) is 5.54 Å². The van der Waals surface area contributed by atoms with Gasteiger partial charge in [-0.15, -0.1) is 0 Å². The van der Waals surface area contributed by atoms with Crippen molar-refractivity contribution in [3.8, 4) is 0 Å². The highest BCUT2D eigenvalue weighted by molar-refractivity contribution is 7.79. The van der Waals surface area contributed by atoms with E-state index in [1.807, 2.05) is 18.2 Å². The summed E-state index contributed by atoms with van der Waals surface area (Å²) in [6.07, 6.45) is 0. The second-order valence-electron chi connectivity index (χ2n) is 4.82. The Morgan fingerprint density at radius 1 is 1.27 bits per heavy atom. The summed E-state index contributed by atoms with van der Waals surface area (Å²) in [5, 5.41) is 0. The molecule has 1 aromatic rings. The molecule has 0 saturated carbocycles. The maximum Gasteiger partial charge on any atom is 0.153 e. The number of hydrogen-bond acceptors (Lipinski definition) is 1. The van der Waals surface area contributed by atoms with E-state index in [9.17, 15) is 4.21 Å². The van der Waals surface area contributed by atoms with E-state index >= 15 is 0 Å². The molecule has 1 aromatic carbocycles. The monoisotopic (exact) mass is 242 g/mol. The molecule has 0 spiro atoms. The first kappa shape index (κ1) is 12.6. The molecule has 84 valence electrons. The number of hydrogen-bond donors (Lipinski definition) is 1. The average Bonchev–Trinajstić information content (AvgIpc) is 2.14. The Balaban J connectivity index is 2.97. The van der Waals surface area contributed by atoms with Gasteiger partial charge in [0, 0.05) is 0 Å². The van der Waals surface area contributed by atoms with E-state index in [0.29, 0.717) is 5.75 Å². The molecule has 2 nitrogen and oxygen atoms in total. The minimum atomic E-state index is -1.71. The second-order valence-corrected chi connectivity index (χ2v) is 11.2. The fourth-order valence-electron chi connectivity index (χ4n) is 1.67. The molecule has 0 heterocycles. The largest absolute Gasteiger partial charge is 0.306 e. The molecule has 0 bridgehead atoms. The van der Waals surface area contributed by atoms with Crippen molar-refractivity contribution in [2.75, 3.05) is 5.75 Å². The van der Waals surface area contributed by atoms with Gasteiger partial charge in [0.2, 0.25) is 0 Å². The predicted molar refractivity (Wildman–Crippen MR) is 68.2 cm³/mol. The van der Waals surface area contributed by atoms with Crippen LogP contribution in [0.15, 0.2) is 30.3 Å². The summed E-state index contributed by atoms with van der Waals surface area (Å²) in [4.78, 5) is 0. The summed E-state index contributed by atoms with van der Waals surface area (Å²) in [5.74, 6) is 0.361. The molecule has 2 atom stereocenters. The molecule has 0 radical (unpaired) electrons. The lowest BCUT2D eigenvalue weighted by molar-refractivity contribution is 0.562. The van der Waals surface area contributed by atoms with Crippen molar-refractivity contribution < 1.29 is 8.76 Å². The molecule has 0 fully saturated rings. The first-order valence-electron chi connectivity index (χ1n) is 5.03. The van der Waals surface area contributed by atoms with Gasteiger partial charge in [0.15, 0.2) is 11.1 Å². The standard InChI is InChI=1S/C11H18O2SSi/c1-15(2,3)11(9-14(12)13)10-7-5-4-6-8-10/h4-8,11H,9H2,1-3H3,(H,12,13). The van der Waals surface area contributed by atoms with E-state index < -0.39 is 19.2 Å². The van der Waals surface area contributed by atoms with Crippen LogP contribution in [0, 0.1) is 0 Å². The zero-order valence-corrected chi connectivity index (χ0v) is 11.3. The van der Waals surface area contributed by atoms with Crippen molar-refractivity contribution in [1.29, 1.82) is 0 Å². The maximum absolute atomic E-state index is 11.0. The maximum atomic E-state index is 11.0. The van der Waals surface area contributed by atoms with E-state index in [2.05, 4.69) is 31.8 Å². The lowest BCUT2D eigenvalue weighted by Crippen LogP contribution is -2.34. The van der Waals surface area contributed by atoms with Crippen LogP contribution in [0.3, 0.4) is 0 Å². The molecule has 0 saturated heterocycles. The minimum Gasteiger partial charge on any atom is -0.306 e. The van der Waals surface area contributed by atoms with Crippen molar-refractivity contribution in [3.05, 3.63) is 35.9 Å². The van der Waals surface area contributed by atoms with Crippen molar-refractivity contribution in [2.24, 2.45) is 0 Å². The second kappa shape index (κ2) is 5.05. The van der Waals surface area contributed by atoms with Crippen LogP contribution in [-0.4, -0.2) is 22.6 Å². The third kappa shape index (κ3) is 3.89. The van der Waals surface area contributed by atoms with Crippen LogP contribution in [0.1, 0.15) is 11.1 Å². The lowest BCUT2D eigenvalue weighted by Gasteiger charge is -2.28. The zero-order valence-electron chi connectivity index (χ0n) is 9.43. The van der Waals surface area contributed by atoms with Gasteiger partial charge in [-0.1, -0.05) is 50.0 Å². The van der Waals surface area contributed by atoms with Crippen molar-refractivity contribution in [3.63, 3.8) is 0 Å². The molecule has 0 aromatic heterocycles. The Bertz CT molecular complexity index is 332. The van der Waals surface area contributed by atoms with Gasteiger partial charge < -0.3 is 4.55 Å². The van der Waals surface area contributed by atoms with E-state index in [1.165, 1.54) is 5.56 Å². The van der Waals surface area contributed by atoms with Gasteiger partial charge in [0.25, 0.3) is 0 Å². The highest BCUT2D eigenvalue weighted by Crippen LogP contribution is 2.27. The van der Waals surface area contributed by atoms with E-state index in [0.717, 1.165) is 0 Å². The van der Waals surface area contributed by atoms with Gasteiger partial charge >= 0.3 is 0 Å². The molecule has 15 heavy (non-hydrogen) atoms. The first-order chi connectivity index (χ1) is 6.91. The van der Waals surface area contributed by atoms with Gasteiger partial charge in [0.1, 0.15) is 0 Å². The molecular formula is C11H18O2SSi. The highest BCUT2D eigenvalue weighted by Gasteiger charge is 2.29. The van der Waals surface area contributed by atoms with Gasteiger partial charge in [0.05, 0.1) is 13.8 Å². The van der Waals surface area contributed by atoms with Crippen LogP contribution >= 0.6 is 0 Å². The molecule has 1 N–H and O–H groups in total. The zero-order chi connectivity index (χ0) is 11.5. The number of rotatable bonds is 4. The molecule has 0 aliphatic heterocycles.